The van der Waals surface area contributed by atoms with E-state index in [9.17, 15) is 4.79 Å². The number of hydrogen-bond acceptors (Lipinski definition) is 5. The normalized spacial score (nSPS) is 21.0. The Labute approximate surface area is 166 Å². The Morgan fingerprint density at radius 2 is 2.00 bits per heavy atom. The third-order valence-corrected chi connectivity index (χ3v) is 6.03. The summed E-state index contributed by atoms with van der Waals surface area (Å²) in [5.41, 5.74) is 0.970. The highest BCUT2D eigenvalue weighted by molar-refractivity contribution is 5.78. The highest BCUT2D eigenvalue weighted by Crippen LogP contribution is 2.26. The summed E-state index contributed by atoms with van der Waals surface area (Å²) >= 11 is 0. The molecular weight excluding hydrogens is 352 g/mol. The van der Waals surface area contributed by atoms with Crippen LogP contribution >= 0.6 is 0 Å². The van der Waals surface area contributed by atoms with E-state index < -0.39 is 0 Å². The maximum absolute atomic E-state index is 12.7. The van der Waals surface area contributed by atoms with Crippen molar-refractivity contribution in [2.75, 3.05) is 26.2 Å². The number of likely N-dealkylation sites (tertiary alicyclic amines) is 2. The zero-order chi connectivity index (χ0) is 19.3. The van der Waals surface area contributed by atoms with E-state index in [1.165, 1.54) is 19.3 Å². The molecule has 2 aromatic heterocycles. The van der Waals surface area contributed by atoms with Gasteiger partial charge in [0.1, 0.15) is 11.6 Å². The molecule has 2 aliphatic rings. The van der Waals surface area contributed by atoms with Gasteiger partial charge in [-0.2, -0.15) is 0 Å². The van der Waals surface area contributed by atoms with Crippen molar-refractivity contribution < 1.29 is 4.79 Å². The summed E-state index contributed by atoms with van der Waals surface area (Å²) in [7, 11) is 2.07. The van der Waals surface area contributed by atoms with Crippen molar-refractivity contribution in [3.8, 4) is 0 Å². The molecule has 150 valence electrons. The van der Waals surface area contributed by atoms with Crippen molar-refractivity contribution >= 4 is 5.91 Å². The first-order valence-corrected chi connectivity index (χ1v) is 10.5. The lowest BCUT2D eigenvalue weighted by Crippen LogP contribution is -2.40. The Morgan fingerprint density at radius 3 is 2.79 bits per heavy atom. The highest BCUT2D eigenvalue weighted by Gasteiger charge is 2.28. The molecule has 2 aliphatic heterocycles. The van der Waals surface area contributed by atoms with Gasteiger partial charge in [0.2, 0.25) is 5.91 Å². The lowest BCUT2D eigenvalue weighted by Gasteiger charge is -2.32. The van der Waals surface area contributed by atoms with Gasteiger partial charge in [0.15, 0.2) is 0 Å². The largest absolute Gasteiger partial charge is 0.342 e. The number of carbonyl (C=O) groups excluding carboxylic acids is 1. The van der Waals surface area contributed by atoms with Crippen LogP contribution in [0.3, 0.4) is 0 Å². The zero-order valence-corrected chi connectivity index (χ0v) is 16.8. The minimum Gasteiger partial charge on any atom is -0.342 e. The first-order valence-electron chi connectivity index (χ1n) is 10.5. The maximum Gasteiger partial charge on any atom is 0.227 e. The third kappa shape index (κ3) is 4.41. The molecule has 7 heteroatoms. The molecule has 0 radical (unpaired) electrons. The summed E-state index contributed by atoms with van der Waals surface area (Å²) in [5, 5.41) is 9.00. The van der Waals surface area contributed by atoms with Crippen molar-refractivity contribution in [1.82, 2.24) is 29.5 Å². The van der Waals surface area contributed by atoms with Crippen LogP contribution in [0.2, 0.25) is 0 Å². The van der Waals surface area contributed by atoms with Crippen molar-refractivity contribution in [1.29, 1.82) is 0 Å². The van der Waals surface area contributed by atoms with Crippen LogP contribution in [0, 0.1) is 0 Å². The summed E-state index contributed by atoms with van der Waals surface area (Å²) in [6, 6.07) is 3.84. The summed E-state index contributed by atoms with van der Waals surface area (Å²) in [4.78, 5) is 21.3. The van der Waals surface area contributed by atoms with E-state index in [4.69, 9.17) is 0 Å². The summed E-state index contributed by atoms with van der Waals surface area (Å²) in [6.45, 7) is 4.74. The second kappa shape index (κ2) is 8.82. The van der Waals surface area contributed by atoms with Gasteiger partial charge in [-0.25, -0.2) is 0 Å². The molecule has 0 aromatic carbocycles. The zero-order valence-electron chi connectivity index (χ0n) is 16.8. The predicted molar refractivity (Wildman–Crippen MR) is 107 cm³/mol. The van der Waals surface area contributed by atoms with E-state index in [0.717, 1.165) is 62.8 Å². The number of aromatic nitrogens is 4. The van der Waals surface area contributed by atoms with Gasteiger partial charge in [-0.05, 0) is 50.4 Å². The third-order valence-electron chi connectivity index (χ3n) is 6.03. The fourth-order valence-corrected chi connectivity index (χ4v) is 4.39. The van der Waals surface area contributed by atoms with E-state index in [2.05, 4.69) is 31.7 Å². The fraction of sp³-hybridized carbons (Fsp3) is 0.619. The van der Waals surface area contributed by atoms with Gasteiger partial charge < -0.3 is 9.47 Å². The lowest BCUT2D eigenvalue weighted by atomic mass is 9.96. The molecule has 0 bridgehead atoms. The van der Waals surface area contributed by atoms with Crippen LogP contribution in [0.5, 0.6) is 0 Å². The Kier molecular flexibility index (Phi) is 6.00. The topological polar surface area (TPSA) is 67.2 Å². The van der Waals surface area contributed by atoms with Crippen molar-refractivity contribution in [2.24, 2.45) is 7.05 Å². The number of piperidine rings is 2. The minimum atomic E-state index is 0.174. The quantitative estimate of drug-likeness (QED) is 0.793. The molecule has 0 saturated carbocycles. The summed E-state index contributed by atoms with van der Waals surface area (Å²) in [6.07, 6.45) is 9.90. The smallest absolute Gasteiger partial charge is 0.227 e. The van der Waals surface area contributed by atoms with Crippen molar-refractivity contribution in [3.05, 3.63) is 41.7 Å². The van der Waals surface area contributed by atoms with Gasteiger partial charge in [0.25, 0.3) is 0 Å². The molecule has 4 heterocycles. The fourth-order valence-electron chi connectivity index (χ4n) is 4.39. The Hall–Kier alpha value is -2.28. The first-order chi connectivity index (χ1) is 13.7. The van der Waals surface area contributed by atoms with Crippen LogP contribution < -0.4 is 0 Å². The number of hydrogen-bond donors (Lipinski definition) is 0. The number of pyridine rings is 1. The van der Waals surface area contributed by atoms with Crippen LogP contribution in [0.1, 0.15) is 55.2 Å². The van der Waals surface area contributed by atoms with Gasteiger partial charge in [-0.1, -0.05) is 12.5 Å². The number of carbonyl (C=O) groups is 1. The molecular formula is C21H30N6O. The molecule has 2 fully saturated rings. The van der Waals surface area contributed by atoms with E-state index in [0.29, 0.717) is 6.42 Å². The summed E-state index contributed by atoms with van der Waals surface area (Å²) in [5.74, 6) is 2.49. The van der Waals surface area contributed by atoms with Gasteiger partial charge in [-0.3, -0.25) is 14.7 Å². The highest BCUT2D eigenvalue weighted by atomic mass is 16.2. The van der Waals surface area contributed by atoms with Crippen LogP contribution in [-0.4, -0.2) is 61.6 Å². The first kappa shape index (κ1) is 19.1. The molecule has 0 N–H and O–H groups in total. The minimum absolute atomic E-state index is 0.174. The molecule has 1 atom stereocenters. The van der Waals surface area contributed by atoms with Crippen LogP contribution in [0.4, 0.5) is 0 Å². The van der Waals surface area contributed by atoms with E-state index in [1.807, 2.05) is 17.0 Å². The van der Waals surface area contributed by atoms with Crippen molar-refractivity contribution in [3.63, 3.8) is 0 Å². The summed E-state index contributed by atoms with van der Waals surface area (Å²) < 4.78 is 2.16. The van der Waals surface area contributed by atoms with Gasteiger partial charge in [0, 0.05) is 38.4 Å². The second-order valence-corrected chi connectivity index (χ2v) is 8.09. The molecule has 2 saturated heterocycles. The molecule has 0 aliphatic carbocycles. The number of rotatable bonds is 5. The van der Waals surface area contributed by atoms with E-state index >= 15 is 0 Å². The van der Waals surface area contributed by atoms with Gasteiger partial charge in [-0.15, -0.1) is 10.2 Å². The molecule has 1 amide bonds. The SMILES string of the molecule is Cn1c(CN2CCCCC2)nnc1[C@@H]1CCCN(C(=O)Cc2cccnc2)C1. The maximum atomic E-state index is 12.7. The Bertz CT molecular complexity index is 783. The van der Waals surface area contributed by atoms with Crippen LogP contribution in [0.25, 0.3) is 0 Å². The standard InChI is InChI=1S/C21H30N6O/c1-25-19(16-26-10-3-2-4-11-26)23-24-21(25)18-8-6-12-27(15-18)20(28)13-17-7-5-9-22-14-17/h5,7,9,14,18H,2-4,6,8,10-13,15-16H2,1H3/t18-/m1/s1. The molecule has 0 unspecified atom stereocenters. The van der Waals surface area contributed by atoms with E-state index in [-0.39, 0.29) is 11.8 Å². The second-order valence-electron chi connectivity index (χ2n) is 8.09. The molecule has 28 heavy (non-hydrogen) atoms. The Morgan fingerprint density at radius 1 is 1.14 bits per heavy atom. The van der Waals surface area contributed by atoms with Crippen LogP contribution in [0.15, 0.2) is 24.5 Å². The monoisotopic (exact) mass is 382 g/mol. The average Bonchev–Trinajstić information content (AvgIpc) is 3.10. The number of amides is 1. The van der Waals surface area contributed by atoms with Gasteiger partial charge in [0.05, 0.1) is 13.0 Å². The molecule has 0 spiro atoms. The lowest BCUT2D eigenvalue weighted by molar-refractivity contribution is -0.131. The predicted octanol–water partition coefficient (Wildman–Crippen LogP) is 2.14. The number of nitrogens with zero attached hydrogens (tertiary/aromatic N) is 6. The molecule has 4 rings (SSSR count). The van der Waals surface area contributed by atoms with Gasteiger partial charge >= 0.3 is 0 Å². The van der Waals surface area contributed by atoms with E-state index in [1.54, 1.807) is 12.4 Å². The molecule has 7 nitrogen and oxygen atoms in total. The van der Waals surface area contributed by atoms with Crippen LogP contribution in [-0.2, 0) is 24.8 Å². The average molecular weight is 383 g/mol. The van der Waals surface area contributed by atoms with Crippen molar-refractivity contribution in [2.45, 2.75) is 51.0 Å². The Balaban J connectivity index is 1.39. The molecule has 2 aromatic rings.